The van der Waals surface area contributed by atoms with Gasteiger partial charge >= 0.3 is 0 Å². The van der Waals surface area contributed by atoms with E-state index in [1.54, 1.807) is 19.1 Å². The van der Waals surface area contributed by atoms with Crippen LogP contribution >= 0.6 is 11.8 Å². The second kappa shape index (κ2) is 7.66. The molecule has 0 bridgehead atoms. The van der Waals surface area contributed by atoms with Crippen LogP contribution in [0.1, 0.15) is 22.8 Å². The Balaban J connectivity index is 1.87. The fourth-order valence-corrected chi connectivity index (χ4v) is 2.76. The molecular weight excluding hydrogens is 296 g/mol. The lowest BCUT2D eigenvalue weighted by Gasteiger charge is -2.13. The molecule has 0 spiro atoms. The van der Waals surface area contributed by atoms with Gasteiger partial charge in [0, 0.05) is 10.5 Å². The van der Waals surface area contributed by atoms with Gasteiger partial charge in [0.05, 0.1) is 5.25 Å². The summed E-state index contributed by atoms with van der Waals surface area (Å²) in [6.07, 6.45) is 0. The Morgan fingerprint density at radius 3 is 2.27 bits per heavy atom. The molecule has 0 fully saturated rings. The molecular formula is C17H18N2O2S. The van der Waals surface area contributed by atoms with Crippen molar-refractivity contribution in [1.82, 2.24) is 10.9 Å². The van der Waals surface area contributed by atoms with Crippen LogP contribution in [0.2, 0.25) is 0 Å². The summed E-state index contributed by atoms with van der Waals surface area (Å²) in [5, 5.41) is -0.306. The standard InChI is InChI=1S/C17H18N2O2S/c1-12-8-6-7-11-15(12)17(21)19-18-16(20)13(2)22-14-9-4-3-5-10-14/h3-11,13H,1-2H3,(H,18,20)(H,19,21)/t13-/m1/s1. The fraction of sp³-hybridized carbons (Fsp3) is 0.176. The fourth-order valence-electron chi connectivity index (χ4n) is 1.87. The third kappa shape index (κ3) is 4.36. The van der Waals surface area contributed by atoms with Crippen LogP contribution in [0.4, 0.5) is 0 Å². The molecule has 0 saturated carbocycles. The highest BCUT2D eigenvalue weighted by Gasteiger charge is 2.15. The van der Waals surface area contributed by atoms with Crippen LogP contribution in [-0.2, 0) is 4.79 Å². The first-order valence-corrected chi connectivity index (χ1v) is 7.83. The number of rotatable bonds is 4. The number of nitrogens with one attached hydrogen (secondary N) is 2. The molecule has 0 aromatic heterocycles. The first-order chi connectivity index (χ1) is 10.6. The van der Waals surface area contributed by atoms with Crippen molar-refractivity contribution in [3.63, 3.8) is 0 Å². The summed E-state index contributed by atoms with van der Waals surface area (Å²) in [4.78, 5) is 25.0. The first kappa shape index (κ1) is 16.1. The molecule has 0 saturated heterocycles. The van der Waals surface area contributed by atoms with Gasteiger partial charge in [-0.05, 0) is 37.6 Å². The van der Waals surface area contributed by atoms with Crippen LogP contribution in [0.3, 0.4) is 0 Å². The van der Waals surface area contributed by atoms with E-state index < -0.39 is 0 Å². The molecule has 2 rings (SSSR count). The van der Waals surface area contributed by atoms with E-state index >= 15 is 0 Å². The van der Waals surface area contributed by atoms with Crippen LogP contribution < -0.4 is 10.9 Å². The van der Waals surface area contributed by atoms with Crippen LogP contribution in [0.5, 0.6) is 0 Å². The number of carbonyl (C=O) groups excluding carboxylic acids is 2. The zero-order valence-electron chi connectivity index (χ0n) is 12.5. The molecule has 2 N–H and O–H groups in total. The Labute approximate surface area is 134 Å². The van der Waals surface area contributed by atoms with E-state index in [4.69, 9.17) is 0 Å². The van der Waals surface area contributed by atoms with Crippen LogP contribution in [0, 0.1) is 6.92 Å². The number of amides is 2. The van der Waals surface area contributed by atoms with E-state index in [0.29, 0.717) is 5.56 Å². The molecule has 0 heterocycles. The molecule has 22 heavy (non-hydrogen) atoms. The second-order valence-electron chi connectivity index (χ2n) is 4.83. The SMILES string of the molecule is Cc1ccccc1C(=O)NNC(=O)[C@@H](C)Sc1ccccc1. The highest BCUT2D eigenvalue weighted by Crippen LogP contribution is 2.22. The van der Waals surface area contributed by atoms with Gasteiger partial charge in [0.15, 0.2) is 0 Å². The van der Waals surface area contributed by atoms with Gasteiger partial charge in [-0.3, -0.25) is 20.4 Å². The Morgan fingerprint density at radius 2 is 1.59 bits per heavy atom. The summed E-state index contributed by atoms with van der Waals surface area (Å²) >= 11 is 1.44. The van der Waals surface area contributed by atoms with Crippen molar-refractivity contribution < 1.29 is 9.59 Å². The maximum Gasteiger partial charge on any atom is 0.269 e. The van der Waals surface area contributed by atoms with E-state index in [1.807, 2.05) is 49.4 Å². The zero-order chi connectivity index (χ0) is 15.9. The van der Waals surface area contributed by atoms with E-state index in [9.17, 15) is 9.59 Å². The van der Waals surface area contributed by atoms with Gasteiger partial charge in [0.2, 0.25) is 0 Å². The lowest BCUT2D eigenvalue weighted by atomic mass is 10.1. The minimum Gasteiger partial charge on any atom is -0.272 e. The largest absolute Gasteiger partial charge is 0.272 e. The number of hydrogen-bond donors (Lipinski definition) is 2. The van der Waals surface area contributed by atoms with Crippen molar-refractivity contribution in [3.8, 4) is 0 Å². The van der Waals surface area contributed by atoms with Crippen molar-refractivity contribution in [2.75, 3.05) is 0 Å². The van der Waals surface area contributed by atoms with Crippen molar-refractivity contribution in [2.45, 2.75) is 24.0 Å². The van der Waals surface area contributed by atoms with Gasteiger partial charge in [0.25, 0.3) is 11.8 Å². The van der Waals surface area contributed by atoms with Gasteiger partial charge in [-0.25, -0.2) is 0 Å². The monoisotopic (exact) mass is 314 g/mol. The maximum atomic E-state index is 12.0. The zero-order valence-corrected chi connectivity index (χ0v) is 13.3. The molecule has 2 aromatic carbocycles. The van der Waals surface area contributed by atoms with E-state index in [2.05, 4.69) is 10.9 Å². The summed E-state index contributed by atoms with van der Waals surface area (Å²) in [6.45, 7) is 3.65. The van der Waals surface area contributed by atoms with Crippen molar-refractivity contribution in [2.24, 2.45) is 0 Å². The predicted molar refractivity (Wildman–Crippen MR) is 88.5 cm³/mol. The summed E-state index contributed by atoms with van der Waals surface area (Å²) in [5.41, 5.74) is 6.33. The van der Waals surface area contributed by atoms with Crippen molar-refractivity contribution in [1.29, 1.82) is 0 Å². The molecule has 114 valence electrons. The van der Waals surface area contributed by atoms with E-state index in [-0.39, 0.29) is 17.1 Å². The van der Waals surface area contributed by atoms with Gasteiger partial charge in [-0.15, -0.1) is 11.8 Å². The van der Waals surface area contributed by atoms with Gasteiger partial charge in [-0.1, -0.05) is 36.4 Å². The third-order valence-corrected chi connectivity index (χ3v) is 4.23. The highest BCUT2D eigenvalue weighted by atomic mass is 32.2. The molecule has 0 aliphatic carbocycles. The van der Waals surface area contributed by atoms with E-state index in [1.165, 1.54) is 11.8 Å². The lowest BCUT2D eigenvalue weighted by molar-refractivity contribution is -0.121. The van der Waals surface area contributed by atoms with Gasteiger partial charge < -0.3 is 0 Å². The quantitative estimate of drug-likeness (QED) is 0.674. The minimum atomic E-state index is -0.316. The molecule has 1 atom stereocenters. The Hall–Kier alpha value is -2.27. The number of hydrazine groups is 1. The Bertz CT molecular complexity index is 659. The number of thioether (sulfide) groups is 1. The maximum absolute atomic E-state index is 12.0. The van der Waals surface area contributed by atoms with Crippen molar-refractivity contribution in [3.05, 3.63) is 65.7 Å². The number of benzene rings is 2. The molecule has 0 radical (unpaired) electrons. The summed E-state index contributed by atoms with van der Waals surface area (Å²) in [6, 6.07) is 16.9. The molecule has 0 aliphatic rings. The summed E-state index contributed by atoms with van der Waals surface area (Å²) in [5.74, 6) is -0.556. The highest BCUT2D eigenvalue weighted by molar-refractivity contribution is 8.00. The molecule has 0 unspecified atom stereocenters. The summed E-state index contributed by atoms with van der Waals surface area (Å²) < 4.78 is 0. The average Bonchev–Trinajstić information content (AvgIpc) is 2.53. The minimum absolute atomic E-state index is 0.240. The Morgan fingerprint density at radius 1 is 0.955 bits per heavy atom. The van der Waals surface area contributed by atoms with E-state index in [0.717, 1.165) is 10.5 Å². The molecule has 2 aromatic rings. The molecule has 5 heteroatoms. The van der Waals surface area contributed by atoms with Crippen LogP contribution in [0.25, 0.3) is 0 Å². The molecule has 4 nitrogen and oxygen atoms in total. The topological polar surface area (TPSA) is 58.2 Å². The number of aryl methyl sites for hydroxylation is 1. The van der Waals surface area contributed by atoms with Crippen LogP contribution in [-0.4, -0.2) is 17.1 Å². The summed E-state index contributed by atoms with van der Waals surface area (Å²) in [7, 11) is 0. The first-order valence-electron chi connectivity index (χ1n) is 6.95. The van der Waals surface area contributed by atoms with Gasteiger partial charge in [-0.2, -0.15) is 0 Å². The second-order valence-corrected chi connectivity index (χ2v) is 6.25. The number of hydrogen-bond acceptors (Lipinski definition) is 3. The van der Waals surface area contributed by atoms with Crippen molar-refractivity contribution >= 4 is 23.6 Å². The smallest absolute Gasteiger partial charge is 0.269 e. The predicted octanol–water partition coefficient (Wildman–Crippen LogP) is 2.94. The third-order valence-electron chi connectivity index (χ3n) is 3.11. The average molecular weight is 314 g/mol. The Kier molecular flexibility index (Phi) is 5.61. The normalized spacial score (nSPS) is 11.5. The van der Waals surface area contributed by atoms with Crippen LogP contribution in [0.15, 0.2) is 59.5 Å². The number of carbonyl (C=O) groups is 2. The molecule has 2 amide bonds. The lowest BCUT2D eigenvalue weighted by Crippen LogP contribution is -2.45. The van der Waals surface area contributed by atoms with Gasteiger partial charge in [0.1, 0.15) is 0 Å². The molecule has 0 aliphatic heterocycles.